The SMILES string of the molecule is COc1cc(C(=O)C(=O)NC(C)(C)C)ccc1OCC(=O)Nc1ccc(Br)c(F)c1. The first kappa shape index (κ1) is 23.3. The fraction of sp³-hybridized carbons (Fsp3) is 0.286. The number of Topliss-reactive ketones (excluding diaryl/α,β-unsaturated/α-hetero) is 1. The molecule has 0 aromatic heterocycles. The Morgan fingerprint density at radius 3 is 2.37 bits per heavy atom. The van der Waals surface area contributed by atoms with Gasteiger partial charge in [0.25, 0.3) is 11.8 Å². The van der Waals surface area contributed by atoms with Gasteiger partial charge < -0.3 is 20.1 Å². The van der Waals surface area contributed by atoms with Gasteiger partial charge in [-0.3, -0.25) is 14.4 Å². The number of anilines is 1. The topological polar surface area (TPSA) is 93.7 Å². The number of halogens is 2. The van der Waals surface area contributed by atoms with Crippen LogP contribution >= 0.6 is 15.9 Å². The van der Waals surface area contributed by atoms with Crippen molar-refractivity contribution in [3.63, 3.8) is 0 Å². The fourth-order valence-corrected chi connectivity index (χ4v) is 2.62. The second-order valence-electron chi connectivity index (χ2n) is 7.36. The molecule has 0 fully saturated rings. The van der Waals surface area contributed by atoms with Crippen LogP contribution in [0.15, 0.2) is 40.9 Å². The normalized spacial score (nSPS) is 10.9. The van der Waals surface area contributed by atoms with Crippen LogP contribution in [0.3, 0.4) is 0 Å². The second kappa shape index (κ2) is 9.71. The molecule has 9 heteroatoms. The number of carbonyl (C=O) groups excluding carboxylic acids is 3. The lowest BCUT2D eigenvalue weighted by Gasteiger charge is -2.20. The van der Waals surface area contributed by atoms with Gasteiger partial charge in [-0.2, -0.15) is 0 Å². The van der Waals surface area contributed by atoms with Crippen molar-refractivity contribution in [3.8, 4) is 11.5 Å². The zero-order valence-corrected chi connectivity index (χ0v) is 18.6. The van der Waals surface area contributed by atoms with Crippen LogP contribution in [0.25, 0.3) is 0 Å². The predicted molar refractivity (Wildman–Crippen MR) is 113 cm³/mol. The van der Waals surface area contributed by atoms with Crippen LogP contribution in [0, 0.1) is 5.82 Å². The van der Waals surface area contributed by atoms with Crippen LogP contribution in [0.1, 0.15) is 31.1 Å². The number of hydrogen-bond acceptors (Lipinski definition) is 5. The van der Waals surface area contributed by atoms with Gasteiger partial charge in [0.05, 0.1) is 11.6 Å². The highest BCUT2D eigenvalue weighted by Gasteiger charge is 2.23. The first-order valence-electron chi connectivity index (χ1n) is 8.93. The minimum absolute atomic E-state index is 0.121. The Labute approximate surface area is 182 Å². The lowest BCUT2D eigenvalue weighted by molar-refractivity contribution is -0.118. The quantitative estimate of drug-likeness (QED) is 0.465. The molecule has 2 N–H and O–H groups in total. The molecule has 2 aromatic carbocycles. The standard InChI is InChI=1S/C21H22BrFN2O5/c1-21(2,3)25-20(28)19(27)12-5-8-16(17(9-12)29-4)30-11-18(26)24-13-6-7-14(22)15(23)10-13/h5-10H,11H2,1-4H3,(H,24,26)(H,25,28). The number of nitrogens with one attached hydrogen (secondary N) is 2. The number of benzene rings is 2. The van der Waals surface area contributed by atoms with Crippen molar-refractivity contribution in [2.75, 3.05) is 19.0 Å². The molecule has 160 valence electrons. The molecule has 0 spiro atoms. The van der Waals surface area contributed by atoms with Crippen molar-refractivity contribution in [1.82, 2.24) is 5.32 Å². The summed E-state index contributed by atoms with van der Waals surface area (Å²) < 4.78 is 24.5. The average Bonchev–Trinajstić information content (AvgIpc) is 2.67. The monoisotopic (exact) mass is 480 g/mol. The summed E-state index contributed by atoms with van der Waals surface area (Å²) in [4.78, 5) is 36.4. The van der Waals surface area contributed by atoms with Crippen LogP contribution < -0.4 is 20.1 Å². The summed E-state index contributed by atoms with van der Waals surface area (Å²) in [5.74, 6) is -2.08. The number of ketones is 1. The fourth-order valence-electron chi connectivity index (χ4n) is 2.37. The Balaban J connectivity index is 2.04. The van der Waals surface area contributed by atoms with E-state index in [1.807, 2.05) is 0 Å². The van der Waals surface area contributed by atoms with Crippen LogP contribution in [0.2, 0.25) is 0 Å². The van der Waals surface area contributed by atoms with E-state index in [0.29, 0.717) is 0 Å². The van der Waals surface area contributed by atoms with Crippen molar-refractivity contribution in [1.29, 1.82) is 0 Å². The van der Waals surface area contributed by atoms with E-state index in [9.17, 15) is 18.8 Å². The number of hydrogen-bond donors (Lipinski definition) is 2. The van der Waals surface area contributed by atoms with E-state index >= 15 is 0 Å². The summed E-state index contributed by atoms with van der Waals surface area (Å²) in [7, 11) is 1.37. The summed E-state index contributed by atoms with van der Waals surface area (Å²) >= 11 is 3.04. The van der Waals surface area contributed by atoms with Crippen molar-refractivity contribution in [2.24, 2.45) is 0 Å². The van der Waals surface area contributed by atoms with Gasteiger partial charge in [-0.15, -0.1) is 0 Å². The van der Waals surface area contributed by atoms with E-state index in [2.05, 4.69) is 26.6 Å². The van der Waals surface area contributed by atoms with Gasteiger partial charge in [-0.25, -0.2) is 4.39 Å². The molecule has 0 heterocycles. The van der Waals surface area contributed by atoms with E-state index in [4.69, 9.17) is 9.47 Å². The molecule has 0 atom stereocenters. The molecule has 2 aromatic rings. The largest absolute Gasteiger partial charge is 0.493 e. The lowest BCUT2D eigenvalue weighted by atomic mass is 10.1. The Morgan fingerprint density at radius 1 is 1.07 bits per heavy atom. The molecule has 0 aliphatic carbocycles. The Kier molecular flexibility index (Phi) is 7.55. The predicted octanol–water partition coefficient (Wildman–Crippen LogP) is 3.71. The molecule has 0 unspecified atom stereocenters. The Morgan fingerprint density at radius 2 is 1.77 bits per heavy atom. The molecular formula is C21H22BrFN2O5. The maximum atomic E-state index is 13.5. The number of methoxy groups -OCH3 is 1. The van der Waals surface area contributed by atoms with Gasteiger partial charge >= 0.3 is 0 Å². The third-order valence-corrected chi connectivity index (χ3v) is 4.33. The third-order valence-electron chi connectivity index (χ3n) is 3.68. The highest BCUT2D eigenvalue weighted by atomic mass is 79.9. The molecule has 0 saturated heterocycles. The summed E-state index contributed by atoms with van der Waals surface area (Å²) in [6, 6.07) is 8.38. The van der Waals surface area contributed by atoms with E-state index in [0.717, 1.165) is 0 Å². The first-order valence-corrected chi connectivity index (χ1v) is 9.72. The molecule has 0 aliphatic heterocycles. The zero-order valence-electron chi connectivity index (χ0n) is 17.0. The van der Waals surface area contributed by atoms with E-state index in [1.54, 1.807) is 20.8 Å². The number of carbonyl (C=O) groups is 3. The van der Waals surface area contributed by atoms with Crippen molar-refractivity contribution >= 4 is 39.2 Å². The summed E-state index contributed by atoms with van der Waals surface area (Å²) in [5, 5.41) is 5.11. The molecule has 30 heavy (non-hydrogen) atoms. The van der Waals surface area contributed by atoms with E-state index in [1.165, 1.54) is 43.5 Å². The second-order valence-corrected chi connectivity index (χ2v) is 8.22. The molecule has 0 bridgehead atoms. The first-order chi connectivity index (χ1) is 14.0. The Hall–Kier alpha value is -2.94. The van der Waals surface area contributed by atoms with Crippen molar-refractivity contribution in [3.05, 3.63) is 52.3 Å². The minimum atomic E-state index is -0.737. The average molecular weight is 481 g/mol. The molecule has 0 radical (unpaired) electrons. The van der Waals surface area contributed by atoms with Gasteiger partial charge in [0, 0.05) is 16.8 Å². The highest BCUT2D eigenvalue weighted by Crippen LogP contribution is 2.28. The lowest BCUT2D eigenvalue weighted by Crippen LogP contribution is -2.44. The van der Waals surface area contributed by atoms with Gasteiger partial charge in [0.1, 0.15) is 5.82 Å². The Bertz CT molecular complexity index is 972. The molecule has 7 nitrogen and oxygen atoms in total. The maximum Gasteiger partial charge on any atom is 0.292 e. The van der Waals surface area contributed by atoms with Gasteiger partial charge in [-0.05, 0) is 73.1 Å². The number of rotatable bonds is 7. The minimum Gasteiger partial charge on any atom is -0.493 e. The molecular weight excluding hydrogens is 459 g/mol. The summed E-state index contributed by atoms with van der Waals surface area (Å²) in [6.07, 6.45) is 0. The molecule has 2 amide bonds. The number of ether oxygens (including phenoxy) is 2. The van der Waals surface area contributed by atoms with Crippen molar-refractivity contribution < 1.29 is 28.2 Å². The highest BCUT2D eigenvalue weighted by molar-refractivity contribution is 9.10. The summed E-state index contributed by atoms with van der Waals surface area (Å²) in [5.41, 5.74) is -0.150. The van der Waals surface area contributed by atoms with E-state index in [-0.39, 0.29) is 33.8 Å². The maximum absolute atomic E-state index is 13.5. The smallest absolute Gasteiger partial charge is 0.292 e. The van der Waals surface area contributed by atoms with Crippen molar-refractivity contribution in [2.45, 2.75) is 26.3 Å². The zero-order chi connectivity index (χ0) is 22.5. The van der Waals surface area contributed by atoms with Crippen LogP contribution in [0.4, 0.5) is 10.1 Å². The van der Waals surface area contributed by atoms with Gasteiger partial charge in [0.15, 0.2) is 18.1 Å². The van der Waals surface area contributed by atoms with Crippen LogP contribution in [-0.2, 0) is 9.59 Å². The summed E-state index contributed by atoms with van der Waals surface area (Å²) in [6.45, 7) is 4.93. The molecule has 0 aliphatic rings. The molecule has 0 saturated carbocycles. The van der Waals surface area contributed by atoms with E-state index < -0.39 is 29.0 Å². The van der Waals surface area contributed by atoms with Crippen LogP contribution in [-0.4, -0.2) is 36.9 Å². The third kappa shape index (κ3) is 6.55. The van der Waals surface area contributed by atoms with Gasteiger partial charge in [-0.1, -0.05) is 0 Å². The van der Waals surface area contributed by atoms with Crippen LogP contribution in [0.5, 0.6) is 11.5 Å². The molecule has 2 rings (SSSR count). The van der Waals surface area contributed by atoms with Gasteiger partial charge in [0.2, 0.25) is 5.78 Å². The number of amides is 2.